The molecule has 2 aromatic rings. The first-order chi connectivity index (χ1) is 10.6. The Balaban J connectivity index is 1.66. The third kappa shape index (κ3) is 2.96. The highest BCUT2D eigenvalue weighted by atomic mass is 35.5. The van der Waals surface area contributed by atoms with Gasteiger partial charge in [-0.2, -0.15) is 0 Å². The first-order valence-corrected chi connectivity index (χ1v) is 7.38. The summed E-state index contributed by atoms with van der Waals surface area (Å²) in [6.07, 6.45) is 1.30. The lowest BCUT2D eigenvalue weighted by molar-refractivity contribution is -0.385. The summed E-state index contributed by atoms with van der Waals surface area (Å²) in [6, 6.07) is 11.0. The van der Waals surface area contributed by atoms with Crippen molar-refractivity contribution in [2.24, 2.45) is 0 Å². The van der Waals surface area contributed by atoms with Crippen molar-refractivity contribution in [3.05, 3.63) is 57.7 Å². The smallest absolute Gasteiger partial charge is 0.287 e. The SMILES string of the molecule is O=[N+]([O-])c1ccc(N2CCN(c3ccccc3Cl)CC2)nc1. The van der Waals surface area contributed by atoms with Crippen LogP contribution in [0.1, 0.15) is 0 Å². The highest BCUT2D eigenvalue weighted by Gasteiger charge is 2.20. The molecule has 0 saturated carbocycles. The minimum absolute atomic E-state index is 0.0125. The second-order valence-electron chi connectivity index (χ2n) is 5.06. The number of piperazine rings is 1. The first kappa shape index (κ1) is 14.6. The molecule has 1 aromatic heterocycles. The minimum atomic E-state index is -0.438. The summed E-state index contributed by atoms with van der Waals surface area (Å²) in [5, 5.41) is 11.4. The summed E-state index contributed by atoms with van der Waals surface area (Å²) in [7, 11) is 0. The molecule has 0 unspecified atom stereocenters. The fourth-order valence-electron chi connectivity index (χ4n) is 2.56. The van der Waals surface area contributed by atoms with Crippen LogP contribution >= 0.6 is 11.6 Å². The number of anilines is 2. The summed E-state index contributed by atoms with van der Waals surface area (Å²) in [4.78, 5) is 18.8. The number of hydrogen-bond acceptors (Lipinski definition) is 5. The number of benzene rings is 1. The quantitative estimate of drug-likeness (QED) is 0.643. The molecule has 1 fully saturated rings. The molecule has 22 heavy (non-hydrogen) atoms. The van der Waals surface area contributed by atoms with Crippen molar-refractivity contribution in [1.29, 1.82) is 0 Å². The molecule has 2 heterocycles. The molecule has 0 aliphatic carbocycles. The number of rotatable bonds is 3. The average Bonchev–Trinajstić information content (AvgIpc) is 2.56. The maximum Gasteiger partial charge on any atom is 0.287 e. The molecule has 1 saturated heterocycles. The Morgan fingerprint density at radius 3 is 2.32 bits per heavy atom. The zero-order valence-corrected chi connectivity index (χ0v) is 12.6. The van der Waals surface area contributed by atoms with Crippen molar-refractivity contribution in [2.45, 2.75) is 0 Å². The molecular weight excluding hydrogens is 304 g/mol. The highest BCUT2D eigenvalue weighted by Crippen LogP contribution is 2.27. The first-order valence-electron chi connectivity index (χ1n) is 7.00. The standard InChI is InChI=1S/C15H15ClN4O2/c16-13-3-1-2-4-14(13)18-7-9-19(10-8-18)15-6-5-12(11-17-15)20(21)22/h1-6,11H,7-10H2. The van der Waals surface area contributed by atoms with Crippen LogP contribution < -0.4 is 9.80 Å². The monoisotopic (exact) mass is 318 g/mol. The van der Waals surface area contributed by atoms with Crippen LogP contribution in [0, 0.1) is 10.1 Å². The van der Waals surface area contributed by atoms with Crippen LogP contribution in [-0.4, -0.2) is 36.1 Å². The third-order valence-electron chi connectivity index (χ3n) is 3.74. The molecule has 114 valence electrons. The van der Waals surface area contributed by atoms with Crippen LogP contribution in [0.3, 0.4) is 0 Å². The Morgan fingerprint density at radius 2 is 1.73 bits per heavy atom. The van der Waals surface area contributed by atoms with E-state index in [-0.39, 0.29) is 5.69 Å². The Hall–Kier alpha value is -2.34. The topological polar surface area (TPSA) is 62.5 Å². The van der Waals surface area contributed by atoms with Gasteiger partial charge < -0.3 is 9.80 Å². The lowest BCUT2D eigenvalue weighted by Gasteiger charge is -2.37. The number of aromatic nitrogens is 1. The molecule has 0 bridgehead atoms. The molecular formula is C15H15ClN4O2. The van der Waals surface area contributed by atoms with Crippen LogP contribution in [0.5, 0.6) is 0 Å². The van der Waals surface area contributed by atoms with Crippen molar-refractivity contribution in [1.82, 2.24) is 4.98 Å². The van der Waals surface area contributed by atoms with E-state index < -0.39 is 4.92 Å². The van der Waals surface area contributed by atoms with Gasteiger partial charge in [0.25, 0.3) is 5.69 Å². The van der Waals surface area contributed by atoms with Gasteiger partial charge >= 0.3 is 0 Å². The van der Waals surface area contributed by atoms with Gasteiger partial charge in [-0.1, -0.05) is 23.7 Å². The maximum absolute atomic E-state index is 10.7. The van der Waals surface area contributed by atoms with Gasteiger partial charge in [0.05, 0.1) is 15.6 Å². The van der Waals surface area contributed by atoms with Crippen LogP contribution in [0.4, 0.5) is 17.2 Å². The van der Waals surface area contributed by atoms with Gasteiger partial charge in [0.1, 0.15) is 12.0 Å². The number of pyridine rings is 1. The lowest BCUT2D eigenvalue weighted by atomic mass is 10.2. The van der Waals surface area contributed by atoms with E-state index in [0.29, 0.717) is 0 Å². The predicted molar refractivity (Wildman–Crippen MR) is 86.8 cm³/mol. The van der Waals surface area contributed by atoms with Crippen molar-refractivity contribution in [2.75, 3.05) is 36.0 Å². The molecule has 0 N–H and O–H groups in total. The van der Waals surface area contributed by atoms with E-state index in [1.54, 1.807) is 6.07 Å². The number of para-hydroxylation sites is 1. The zero-order chi connectivity index (χ0) is 15.5. The van der Waals surface area contributed by atoms with Gasteiger partial charge in [0, 0.05) is 32.2 Å². The Bertz CT molecular complexity index is 669. The van der Waals surface area contributed by atoms with Gasteiger partial charge in [0.15, 0.2) is 0 Å². The molecule has 0 spiro atoms. The van der Waals surface area contributed by atoms with Gasteiger partial charge in [-0.05, 0) is 18.2 Å². The molecule has 0 atom stereocenters. The summed E-state index contributed by atoms with van der Waals surface area (Å²) >= 11 is 6.23. The molecule has 1 aliphatic rings. The number of halogens is 1. The molecule has 7 heteroatoms. The van der Waals surface area contributed by atoms with E-state index in [9.17, 15) is 10.1 Å². The molecule has 0 amide bonds. The van der Waals surface area contributed by atoms with Crippen molar-refractivity contribution in [3.63, 3.8) is 0 Å². The van der Waals surface area contributed by atoms with Crippen molar-refractivity contribution >= 4 is 28.8 Å². The fourth-order valence-corrected chi connectivity index (χ4v) is 2.81. The largest absolute Gasteiger partial charge is 0.367 e. The van der Waals surface area contributed by atoms with Crippen LogP contribution in [0.15, 0.2) is 42.6 Å². The fraction of sp³-hybridized carbons (Fsp3) is 0.267. The second-order valence-corrected chi connectivity index (χ2v) is 5.46. The summed E-state index contributed by atoms with van der Waals surface area (Å²) in [5.41, 5.74) is 1.05. The van der Waals surface area contributed by atoms with E-state index in [0.717, 1.165) is 42.7 Å². The van der Waals surface area contributed by atoms with E-state index in [1.165, 1.54) is 12.3 Å². The highest BCUT2D eigenvalue weighted by molar-refractivity contribution is 6.33. The van der Waals surface area contributed by atoms with Crippen LogP contribution in [0.2, 0.25) is 5.02 Å². The number of nitro groups is 1. The molecule has 1 aromatic carbocycles. The maximum atomic E-state index is 10.7. The predicted octanol–water partition coefficient (Wildman–Crippen LogP) is 2.97. The molecule has 6 nitrogen and oxygen atoms in total. The molecule has 1 aliphatic heterocycles. The van der Waals surface area contributed by atoms with Crippen LogP contribution in [-0.2, 0) is 0 Å². The van der Waals surface area contributed by atoms with E-state index in [4.69, 9.17) is 11.6 Å². The van der Waals surface area contributed by atoms with Crippen LogP contribution in [0.25, 0.3) is 0 Å². The Labute approximate surface area is 133 Å². The van der Waals surface area contributed by atoms with Crippen molar-refractivity contribution in [3.8, 4) is 0 Å². The van der Waals surface area contributed by atoms with Gasteiger partial charge in [0.2, 0.25) is 0 Å². The Kier molecular flexibility index (Phi) is 4.11. The number of nitrogens with zero attached hydrogens (tertiary/aromatic N) is 4. The summed E-state index contributed by atoms with van der Waals surface area (Å²) < 4.78 is 0. The second kappa shape index (κ2) is 6.19. The Morgan fingerprint density at radius 1 is 1.05 bits per heavy atom. The van der Waals surface area contributed by atoms with Crippen molar-refractivity contribution < 1.29 is 4.92 Å². The summed E-state index contributed by atoms with van der Waals surface area (Å²) in [5.74, 6) is 0.768. The van der Waals surface area contributed by atoms with E-state index >= 15 is 0 Å². The molecule has 0 radical (unpaired) electrons. The van der Waals surface area contributed by atoms with E-state index in [2.05, 4.69) is 14.8 Å². The number of hydrogen-bond donors (Lipinski definition) is 0. The average molecular weight is 319 g/mol. The zero-order valence-electron chi connectivity index (χ0n) is 11.9. The van der Waals surface area contributed by atoms with E-state index in [1.807, 2.05) is 24.3 Å². The summed E-state index contributed by atoms with van der Waals surface area (Å²) in [6.45, 7) is 3.27. The van der Waals surface area contributed by atoms with Gasteiger partial charge in [-0.25, -0.2) is 4.98 Å². The molecule has 3 rings (SSSR count). The lowest BCUT2D eigenvalue weighted by Crippen LogP contribution is -2.46. The third-order valence-corrected chi connectivity index (χ3v) is 4.06. The van der Waals surface area contributed by atoms with Gasteiger partial charge in [-0.15, -0.1) is 0 Å². The minimum Gasteiger partial charge on any atom is -0.367 e. The normalized spacial score (nSPS) is 15.0. The van der Waals surface area contributed by atoms with Gasteiger partial charge in [-0.3, -0.25) is 10.1 Å².